The third kappa shape index (κ3) is 1.55. The normalized spacial score (nSPS) is 20.9. The van der Waals surface area contributed by atoms with Crippen molar-refractivity contribution in [1.29, 1.82) is 0 Å². The largest absolute Gasteiger partial charge is 0.496 e. The van der Waals surface area contributed by atoms with Crippen LogP contribution >= 0.6 is 0 Å². The van der Waals surface area contributed by atoms with Crippen molar-refractivity contribution in [1.82, 2.24) is 0 Å². The van der Waals surface area contributed by atoms with Crippen molar-refractivity contribution in [3.05, 3.63) is 36.2 Å². The first kappa shape index (κ1) is 8.61. The van der Waals surface area contributed by atoms with E-state index in [0.717, 1.165) is 18.6 Å². The third-order valence-corrected chi connectivity index (χ3v) is 2.76. The lowest BCUT2D eigenvalue weighted by Crippen LogP contribution is -2.12. The van der Waals surface area contributed by atoms with Gasteiger partial charge in [0.2, 0.25) is 0 Å². The fraction of sp³-hybridized carbons (Fsp3) is 0.417. The van der Waals surface area contributed by atoms with E-state index >= 15 is 0 Å². The van der Waals surface area contributed by atoms with Crippen molar-refractivity contribution in [2.24, 2.45) is 5.92 Å². The van der Waals surface area contributed by atoms with Crippen LogP contribution in [0.5, 0.6) is 5.75 Å². The fourth-order valence-electron chi connectivity index (χ4n) is 2.04. The minimum absolute atomic E-state index is 0.583. The summed E-state index contributed by atoms with van der Waals surface area (Å²) >= 11 is 0. The van der Waals surface area contributed by atoms with E-state index in [4.69, 9.17) is 4.74 Å². The van der Waals surface area contributed by atoms with E-state index in [0.29, 0.717) is 5.92 Å². The second kappa shape index (κ2) is 3.41. The molecule has 0 heterocycles. The molecule has 0 spiro atoms. The van der Waals surface area contributed by atoms with Crippen LogP contribution in [0.25, 0.3) is 0 Å². The first-order chi connectivity index (χ1) is 6.31. The molecule has 0 aliphatic heterocycles. The molecule has 69 valence electrons. The maximum Gasteiger partial charge on any atom is 0.122 e. The number of hydrogen-bond acceptors (Lipinski definition) is 1. The summed E-state index contributed by atoms with van der Waals surface area (Å²) < 4.78 is 5.33. The lowest BCUT2D eigenvalue weighted by Gasteiger charge is -2.22. The van der Waals surface area contributed by atoms with Crippen LogP contribution < -0.4 is 4.74 Å². The second-order valence-corrected chi connectivity index (χ2v) is 3.71. The topological polar surface area (TPSA) is 9.23 Å². The van der Waals surface area contributed by atoms with Crippen LogP contribution in [0.4, 0.5) is 0 Å². The smallest absolute Gasteiger partial charge is 0.122 e. The molecule has 2 rings (SSSR count). The van der Waals surface area contributed by atoms with Gasteiger partial charge in [0.05, 0.1) is 7.11 Å². The zero-order chi connectivity index (χ0) is 9.26. The molecule has 0 amide bonds. The Morgan fingerprint density at radius 1 is 1.46 bits per heavy atom. The standard InChI is InChI=1S/C12H15O/c1-9-6-7-11-10(8-9)4-3-5-12(11)13-2/h3-5,9H,1,6-8H2,2H3. The molecule has 0 fully saturated rings. The van der Waals surface area contributed by atoms with E-state index in [1.807, 2.05) is 6.07 Å². The average Bonchev–Trinajstić information content (AvgIpc) is 2.16. The van der Waals surface area contributed by atoms with Gasteiger partial charge in [-0.1, -0.05) is 12.1 Å². The van der Waals surface area contributed by atoms with Crippen molar-refractivity contribution in [2.75, 3.05) is 7.11 Å². The van der Waals surface area contributed by atoms with Crippen molar-refractivity contribution in [2.45, 2.75) is 19.3 Å². The molecule has 1 unspecified atom stereocenters. The number of methoxy groups -OCH3 is 1. The van der Waals surface area contributed by atoms with Gasteiger partial charge in [-0.25, -0.2) is 0 Å². The predicted molar refractivity (Wildman–Crippen MR) is 53.9 cm³/mol. The van der Waals surface area contributed by atoms with Crippen LogP contribution in [0.2, 0.25) is 0 Å². The molecule has 1 aliphatic carbocycles. The Labute approximate surface area is 79.7 Å². The molecule has 13 heavy (non-hydrogen) atoms. The highest BCUT2D eigenvalue weighted by Crippen LogP contribution is 2.31. The van der Waals surface area contributed by atoms with Gasteiger partial charge in [0.1, 0.15) is 5.75 Å². The van der Waals surface area contributed by atoms with Crippen LogP contribution in [-0.4, -0.2) is 7.11 Å². The molecule has 0 bridgehead atoms. The minimum Gasteiger partial charge on any atom is -0.496 e. The Hall–Kier alpha value is -0.980. The van der Waals surface area contributed by atoms with E-state index < -0.39 is 0 Å². The summed E-state index contributed by atoms with van der Waals surface area (Å²) in [6.45, 7) is 4.11. The first-order valence-corrected chi connectivity index (χ1v) is 4.79. The fourth-order valence-corrected chi connectivity index (χ4v) is 2.04. The van der Waals surface area contributed by atoms with Gasteiger partial charge in [-0.05, 0) is 49.3 Å². The van der Waals surface area contributed by atoms with Crippen molar-refractivity contribution in [3.63, 3.8) is 0 Å². The summed E-state index contributed by atoms with van der Waals surface area (Å²) in [6.07, 6.45) is 3.41. The van der Waals surface area contributed by atoms with Crippen molar-refractivity contribution >= 4 is 0 Å². The van der Waals surface area contributed by atoms with Gasteiger partial charge in [-0.15, -0.1) is 0 Å². The summed E-state index contributed by atoms with van der Waals surface area (Å²) in [5, 5.41) is 0. The monoisotopic (exact) mass is 175 g/mol. The Balaban J connectivity index is 2.39. The predicted octanol–water partition coefficient (Wildman–Crippen LogP) is 2.63. The Kier molecular flexibility index (Phi) is 2.26. The number of fused-ring (bicyclic) bond motifs is 1. The van der Waals surface area contributed by atoms with Crippen LogP contribution in [0.3, 0.4) is 0 Å². The van der Waals surface area contributed by atoms with E-state index in [9.17, 15) is 0 Å². The maximum absolute atomic E-state index is 5.33. The zero-order valence-corrected chi connectivity index (χ0v) is 8.05. The zero-order valence-electron chi connectivity index (χ0n) is 8.05. The van der Waals surface area contributed by atoms with Crippen molar-refractivity contribution < 1.29 is 4.74 Å². The molecule has 1 atom stereocenters. The second-order valence-electron chi connectivity index (χ2n) is 3.71. The molecule has 0 saturated heterocycles. The maximum atomic E-state index is 5.33. The Morgan fingerprint density at radius 2 is 2.31 bits per heavy atom. The van der Waals surface area contributed by atoms with Gasteiger partial charge in [-0.2, -0.15) is 0 Å². The van der Waals surface area contributed by atoms with Crippen molar-refractivity contribution in [3.8, 4) is 5.75 Å². The highest BCUT2D eigenvalue weighted by atomic mass is 16.5. The van der Waals surface area contributed by atoms with Crippen LogP contribution in [0.1, 0.15) is 17.5 Å². The molecular formula is C12H15O. The quantitative estimate of drug-likeness (QED) is 0.637. The van der Waals surface area contributed by atoms with Gasteiger partial charge in [0.15, 0.2) is 0 Å². The molecule has 1 aliphatic rings. The van der Waals surface area contributed by atoms with Gasteiger partial charge >= 0.3 is 0 Å². The Bertz CT molecular complexity index is 304. The number of ether oxygens (including phenoxy) is 1. The summed E-state index contributed by atoms with van der Waals surface area (Å²) in [5.74, 6) is 1.63. The minimum atomic E-state index is 0.583. The molecule has 1 radical (unpaired) electrons. The van der Waals surface area contributed by atoms with Gasteiger partial charge in [0, 0.05) is 0 Å². The number of benzene rings is 1. The first-order valence-electron chi connectivity index (χ1n) is 4.79. The van der Waals surface area contributed by atoms with E-state index in [-0.39, 0.29) is 0 Å². The summed E-state index contributed by atoms with van der Waals surface area (Å²) in [5.41, 5.74) is 2.82. The van der Waals surface area contributed by atoms with E-state index in [1.165, 1.54) is 17.5 Å². The van der Waals surface area contributed by atoms with Gasteiger partial charge in [0.25, 0.3) is 0 Å². The molecule has 1 nitrogen and oxygen atoms in total. The average molecular weight is 175 g/mol. The SMILES string of the molecule is [CH2]C1CCc2c(cccc2OC)C1. The van der Waals surface area contributed by atoms with Crippen LogP contribution in [-0.2, 0) is 12.8 Å². The number of rotatable bonds is 1. The molecule has 1 aromatic rings. The van der Waals surface area contributed by atoms with E-state index in [2.05, 4.69) is 19.1 Å². The van der Waals surface area contributed by atoms with Crippen LogP contribution in [0.15, 0.2) is 18.2 Å². The highest BCUT2D eigenvalue weighted by Gasteiger charge is 2.17. The molecule has 1 aromatic carbocycles. The highest BCUT2D eigenvalue weighted by molar-refractivity contribution is 5.42. The van der Waals surface area contributed by atoms with Gasteiger partial charge in [-0.3, -0.25) is 0 Å². The third-order valence-electron chi connectivity index (χ3n) is 2.76. The lowest BCUT2D eigenvalue weighted by atomic mass is 9.84. The molecular weight excluding hydrogens is 160 g/mol. The summed E-state index contributed by atoms with van der Waals surface area (Å²) in [4.78, 5) is 0. The lowest BCUT2D eigenvalue weighted by molar-refractivity contribution is 0.402. The number of hydrogen-bond donors (Lipinski definition) is 0. The summed E-state index contributed by atoms with van der Waals surface area (Å²) in [6, 6.07) is 6.30. The molecule has 0 aromatic heterocycles. The Morgan fingerprint density at radius 3 is 3.08 bits per heavy atom. The van der Waals surface area contributed by atoms with Gasteiger partial charge < -0.3 is 4.74 Å². The molecule has 0 N–H and O–H groups in total. The molecule has 0 saturated carbocycles. The van der Waals surface area contributed by atoms with Crippen LogP contribution in [0, 0.1) is 12.8 Å². The summed E-state index contributed by atoms with van der Waals surface area (Å²) in [7, 11) is 1.74. The molecule has 1 heteroatoms. The van der Waals surface area contributed by atoms with E-state index in [1.54, 1.807) is 7.11 Å².